The van der Waals surface area contributed by atoms with E-state index in [0.717, 1.165) is 62.7 Å². The Labute approximate surface area is 359 Å². The molecular weight excluding hydrogens is 843 g/mol. The van der Waals surface area contributed by atoms with Crippen LogP contribution in [0.25, 0.3) is 0 Å². The van der Waals surface area contributed by atoms with Crippen molar-refractivity contribution in [3.8, 4) is 5.75 Å². The molecule has 0 radical (unpaired) electrons. The zero-order valence-electron chi connectivity index (χ0n) is 33.1. The number of amides is 2. The Morgan fingerprint density at radius 1 is 0.776 bits per heavy atom. The summed E-state index contributed by atoms with van der Waals surface area (Å²) >= 11 is 12.8. The first-order valence-corrected chi connectivity index (χ1v) is 24.2. The van der Waals surface area contributed by atoms with E-state index in [-0.39, 0.29) is 29.1 Å². The highest BCUT2D eigenvalue weighted by atomic mass is 35.5. The number of urea groups is 1. The first-order valence-electron chi connectivity index (χ1n) is 20.0. The Balaban J connectivity index is 0.00000567. The molecule has 4 heterocycles. The second-order valence-electron chi connectivity index (χ2n) is 15.3. The number of benzene rings is 3. The van der Waals surface area contributed by atoms with Crippen molar-refractivity contribution in [3.63, 3.8) is 0 Å². The molecule has 17 heteroatoms. The molecular formula is C41H53Cl3N6O6S2. The average molecular weight is 896 g/mol. The fraction of sp³-hybridized carbons (Fsp3) is 0.512. The summed E-state index contributed by atoms with van der Waals surface area (Å²) in [6, 6.07) is 16.8. The Hall–Kier alpha value is -3.11. The van der Waals surface area contributed by atoms with Gasteiger partial charge in [-0.1, -0.05) is 53.9 Å². The van der Waals surface area contributed by atoms with Crippen LogP contribution in [0.15, 0.2) is 70.6 Å². The second kappa shape index (κ2) is 19.1. The van der Waals surface area contributed by atoms with Gasteiger partial charge < -0.3 is 14.5 Å². The van der Waals surface area contributed by atoms with E-state index in [4.69, 9.17) is 32.9 Å². The van der Waals surface area contributed by atoms with E-state index in [0.29, 0.717) is 85.3 Å². The van der Waals surface area contributed by atoms with Crippen molar-refractivity contribution >= 4 is 73.0 Å². The van der Waals surface area contributed by atoms with Crippen molar-refractivity contribution in [1.82, 2.24) is 19.0 Å². The van der Waals surface area contributed by atoms with Gasteiger partial charge in [0.2, 0.25) is 10.0 Å². The van der Waals surface area contributed by atoms with Crippen LogP contribution in [0.2, 0.25) is 10.0 Å². The van der Waals surface area contributed by atoms with Gasteiger partial charge >= 0.3 is 6.03 Å². The summed E-state index contributed by atoms with van der Waals surface area (Å²) in [5, 5.41) is 1.11. The number of hydrogen-bond acceptors (Lipinski definition) is 9. The lowest BCUT2D eigenvalue weighted by Crippen LogP contribution is -2.54. The lowest BCUT2D eigenvalue weighted by atomic mass is 9.93. The molecule has 3 saturated heterocycles. The number of nitrogens with zero attached hydrogens (tertiary/aromatic N) is 6. The van der Waals surface area contributed by atoms with Crippen molar-refractivity contribution in [2.75, 3.05) is 82.4 Å². The molecule has 12 nitrogen and oxygen atoms in total. The number of piperazine rings is 1. The molecule has 58 heavy (non-hydrogen) atoms. The number of piperidine rings is 2. The summed E-state index contributed by atoms with van der Waals surface area (Å²) in [7, 11) is -7.10. The van der Waals surface area contributed by atoms with Gasteiger partial charge in [-0.3, -0.25) is 14.8 Å². The third-order valence-electron chi connectivity index (χ3n) is 11.3. The summed E-state index contributed by atoms with van der Waals surface area (Å²) in [6.07, 6.45) is 6.80. The molecule has 4 aliphatic heterocycles. The highest BCUT2D eigenvalue weighted by Gasteiger charge is 2.46. The highest BCUT2D eigenvalue weighted by molar-refractivity contribution is 7.90. The van der Waals surface area contributed by atoms with Gasteiger partial charge in [-0.15, -0.1) is 12.4 Å². The van der Waals surface area contributed by atoms with Gasteiger partial charge in [0, 0.05) is 81.3 Å². The van der Waals surface area contributed by atoms with Crippen molar-refractivity contribution in [2.24, 2.45) is 4.99 Å². The lowest BCUT2D eigenvalue weighted by molar-refractivity contribution is 0.122. The van der Waals surface area contributed by atoms with Gasteiger partial charge in [0.05, 0.1) is 29.7 Å². The van der Waals surface area contributed by atoms with Gasteiger partial charge in [-0.05, 0) is 80.5 Å². The van der Waals surface area contributed by atoms with Gasteiger partial charge in [0.1, 0.15) is 32.4 Å². The molecule has 3 aromatic carbocycles. The van der Waals surface area contributed by atoms with E-state index < -0.39 is 31.9 Å². The minimum absolute atomic E-state index is 0. The van der Waals surface area contributed by atoms with Crippen LogP contribution in [-0.2, 0) is 19.9 Å². The number of ether oxygens (including phenoxy) is 1. The molecule has 0 spiro atoms. The molecule has 2 atom stereocenters. The van der Waals surface area contributed by atoms with Crippen LogP contribution in [0.1, 0.15) is 74.2 Å². The molecule has 4 aliphatic rings. The van der Waals surface area contributed by atoms with E-state index >= 15 is 4.79 Å². The molecule has 7 rings (SSSR count). The smallest absolute Gasteiger partial charge is 0.326 e. The number of sulfone groups is 1. The molecule has 0 N–H and O–H groups in total. The molecule has 0 bridgehead atoms. The number of aliphatic imine (C=N–C) groups is 1. The highest BCUT2D eigenvalue weighted by Crippen LogP contribution is 2.47. The van der Waals surface area contributed by atoms with Gasteiger partial charge in [-0.2, -0.15) is 4.31 Å². The first kappa shape index (κ1) is 44.4. The molecule has 3 fully saturated rings. The lowest BCUT2D eigenvalue weighted by Gasteiger charge is -2.39. The van der Waals surface area contributed by atoms with E-state index in [1.807, 2.05) is 37.3 Å². The normalized spacial score (nSPS) is 21.1. The zero-order valence-corrected chi connectivity index (χ0v) is 37.0. The van der Waals surface area contributed by atoms with E-state index in [1.54, 1.807) is 44.4 Å². The average Bonchev–Trinajstić information content (AvgIpc) is 3.61. The molecule has 0 saturated carbocycles. The van der Waals surface area contributed by atoms with Gasteiger partial charge in [0.15, 0.2) is 0 Å². The van der Waals surface area contributed by atoms with Crippen LogP contribution in [0.3, 0.4) is 0 Å². The number of rotatable bonds is 11. The number of carbonyl (C=O) groups excluding carboxylic acids is 1. The summed E-state index contributed by atoms with van der Waals surface area (Å²) in [5.41, 5.74) is 2.64. The van der Waals surface area contributed by atoms with Crippen LogP contribution in [0.4, 0.5) is 10.5 Å². The van der Waals surface area contributed by atoms with Crippen LogP contribution in [0, 0.1) is 0 Å². The van der Waals surface area contributed by atoms with Crippen molar-refractivity contribution in [3.05, 3.63) is 87.4 Å². The van der Waals surface area contributed by atoms with E-state index in [2.05, 4.69) is 9.80 Å². The molecule has 316 valence electrons. The minimum atomic E-state index is -3.96. The maximum atomic E-state index is 15.2. The topological polar surface area (TPSA) is 123 Å². The number of hydrogen-bond donors (Lipinski definition) is 0. The largest absolute Gasteiger partial charge is 0.493 e. The molecule has 3 aromatic rings. The van der Waals surface area contributed by atoms with Crippen molar-refractivity contribution in [1.29, 1.82) is 0 Å². The zero-order chi connectivity index (χ0) is 40.3. The SMILES string of the molecule is CCOc1cc(N2CCCCC2)c(S(=O)(=O)N2CCCCC2)cc1C1=N[C@@H](c2ccc(Cl)cc2)[C@@H](c2ccc(Cl)cc2)N1C(=O)N1CCN(CCS(C)(=O)=O)CC1.Cl. The Kier molecular flexibility index (Phi) is 14.6. The molecule has 0 aromatic heterocycles. The van der Waals surface area contributed by atoms with Gasteiger partial charge in [0.25, 0.3) is 0 Å². The first-order chi connectivity index (χ1) is 27.3. The Bertz CT molecular complexity index is 2160. The summed E-state index contributed by atoms with van der Waals surface area (Å²) in [4.78, 5) is 28.5. The predicted molar refractivity (Wildman–Crippen MR) is 233 cm³/mol. The van der Waals surface area contributed by atoms with Crippen molar-refractivity contribution in [2.45, 2.75) is 62.4 Å². The number of anilines is 1. The Morgan fingerprint density at radius 3 is 1.91 bits per heavy atom. The summed E-state index contributed by atoms with van der Waals surface area (Å²) in [6.45, 7) is 6.67. The summed E-state index contributed by atoms with van der Waals surface area (Å²) in [5.74, 6) is 0.800. The standard InChI is InChI=1S/C41H52Cl2N6O6S2.ClH/c1-3-55-36-29-35(46-18-6-4-7-19-46)37(57(53,54)48-20-8-5-9-21-48)28-34(36)40-44-38(30-10-14-32(42)15-11-30)39(31-12-16-33(43)17-13-31)49(40)41(50)47-24-22-45(23-25-47)26-27-56(2,51)52;/h10-17,28-29,38-39H,3-9,18-27H2,1-2H3;1H/t38-,39+;/m0./s1. The summed E-state index contributed by atoms with van der Waals surface area (Å²) < 4.78 is 61.4. The van der Waals surface area contributed by atoms with Crippen LogP contribution < -0.4 is 9.64 Å². The number of sulfonamides is 1. The van der Waals surface area contributed by atoms with Crippen LogP contribution in [0.5, 0.6) is 5.75 Å². The fourth-order valence-electron chi connectivity index (χ4n) is 8.30. The third-order valence-corrected chi connectivity index (χ3v) is 14.7. The monoisotopic (exact) mass is 894 g/mol. The van der Waals surface area contributed by atoms with Crippen molar-refractivity contribution < 1.29 is 26.4 Å². The quantitative estimate of drug-likeness (QED) is 0.197. The minimum Gasteiger partial charge on any atom is -0.493 e. The number of halogens is 3. The number of amidine groups is 1. The second-order valence-corrected chi connectivity index (χ2v) is 20.4. The molecule has 0 aliphatic carbocycles. The van der Waals surface area contributed by atoms with Crippen LogP contribution in [-0.4, -0.2) is 125 Å². The predicted octanol–water partition coefficient (Wildman–Crippen LogP) is 7.31. The van der Waals surface area contributed by atoms with Gasteiger partial charge in [-0.25, -0.2) is 21.6 Å². The third kappa shape index (κ3) is 9.91. The maximum absolute atomic E-state index is 15.2. The molecule has 0 unspecified atom stereocenters. The maximum Gasteiger partial charge on any atom is 0.326 e. The Morgan fingerprint density at radius 2 is 1.34 bits per heavy atom. The number of carbonyl (C=O) groups is 1. The van der Waals surface area contributed by atoms with E-state index in [1.165, 1.54) is 6.26 Å². The fourth-order valence-corrected chi connectivity index (χ4v) is 10.9. The van der Waals surface area contributed by atoms with Crippen LogP contribution >= 0.6 is 35.6 Å². The molecule has 2 amide bonds. The van der Waals surface area contributed by atoms with E-state index in [9.17, 15) is 16.8 Å².